The van der Waals surface area contributed by atoms with Crippen molar-refractivity contribution in [2.45, 2.75) is 293 Å². The molecule has 12 unspecified atom stereocenters. The number of allylic oxidation sites excluding steroid dienone is 21. The lowest BCUT2D eigenvalue weighted by atomic mass is 9.97. The molecule has 1 amide bonds. The van der Waals surface area contributed by atoms with Crippen LogP contribution >= 0.6 is 0 Å². The molecule has 2 aliphatic heterocycles. The summed E-state index contributed by atoms with van der Waals surface area (Å²) in [6, 6.07) is -0.949. The fourth-order valence-corrected chi connectivity index (χ4v) is 10.0. The van der Waals surface area contributed by atoms with Crippen LogP contribution in [0.2, 0.25) is 0 Å². The molecule has 2 rings (SSSR count). The van der Waals surface area contributed by atoms with Crippen LogP contribution in [-0.4, -0.2) is 140 Å². The van der Waals surface area contributed by atoms with Gasteiger partial charge in [0.25, 0.3) is 0 Å². The number of rotatable bonds is 52. The summed E-state index contributed by atoms with van der Waals surface area (Å²) in [5.74, 6) is -0.286. The maximum atomic E-state index is 13.3. The van der Waals surface area contributed by atoms with E-state index >= 15 is 0 Å². The van der Waals surface area contributed by atoms with E-state index in [1.807, 2.05) is 6.08 Å². The zero-order chi connectivity index (χ0) is 62.3. The first kappa shape index (κ1) is 78.2. The molecule has 0 aromatic heterocycles. The molecule has 0 saturated carbocycles. The highest BCUT2D eigenvalue weighted by atomic mass is 16.7. The van der Waals surface area contributed by atoms with Crippen LogP contribution in [0, 0.1) is 0 Å². The molecule has 86 heavy (non-hydrogen) atoms. The quantitative estimate of drug-likeness (QED) is 0.0204. The third-order valence-electron chi connectivity index (χ3n) is 15.3. The molecule has 14 heteroatoms. The van der Waals surface area contributed by atoms with Crippen LogP contribution in [0.15, 0.2) is 134 Å². The number of hydrogen-bond donors (Lipinski definition) is 9. The number of nitrogens with one attached hydrogen (secondary N) is 1. The SMILES string of the molecule is CC/C=C\C/C=C\C/C=C\C/C=C\C/C=C\C/C=C\C/C=C\C/C=C\C/C=C\C/C=C\CCCCC(=O)NC(COC1OC(CO)C(OC2OC(CO)C(O)C(O)C2O)C(O)C1O)C(O)/C=C/CCCCCCCCCCCCCCCCCCC. The molecule has 9 N–H and O–H groups in total. The first-order valence-corrected chi connectivity index (χ1v) is 33.4. The van der Waals surface area contributed by atoms with Gasteiger partial charge in [-0.15, -0.1) is 0 Å². The third-order valence-corrected chi connectivity index (χ3v) is 15.3. The predicted octanol–water partition coefficient (Wildman–Crippen LogP) is 13.1. The number of ether oxygens (including phenoxy) is 4. The Hall–Kier alpha value is -3.87. The fourth-order valence-electron chi connectivity index (χ4n) is 10.0. The van der Waals surface area contributed by atoms with E-state index in [4.69, 9.17) is 18.9 Å². The van der Waals surface area contributed by atoms with Crippen LogP contribution in [-0.2, 0) is 23.7 Å². The summed E-state index contributed by atoms with van der Waals surface area (Å²) in [4.78, 5) is 13.3. The number of aliphatic hydroxyl groups excluding tert-OH is 8. The molecular weight excluding hydrogens is 1090 g/mol. The molecular formula is C72H119NO13. The monoisotopic (exact) mass is 1210 g/mol. The van der Waals surface area contributed by atoms with Crippen molar-refractivity contribution in [3.63, 3.8) is 0 Å². The Balaban J connectivity index is 1.74. The van der Waals surface area contributed by atoms with Gasteiger partial charge in [0, 0.05) is 6.42 Å². The van der Waals surface area contributed by atoms with E-state index in [-0.39, 0.29) is 18.9 Å². The predicted molar refractivity (Wildman–Crippen MR) is 350 cm³/mol. The van der Waals surface area contributed by atoms with E-state index in [2.05, 4.69) is 141 Å². The Kier molecular flexibility index (Phi) is 50.2. The van der Waals surface area contributed by atoms with E-state index in [1.54, 1.807) is 6.08 Å². The van der Waals surface area contributed by atoms with E-state index in [0.29, 0.717) is 6.42 Å². The second-order valence-corrected chi connectivity index (χ2v) is 22.9. The zero-order valence-corrected chi connectivity index (χ0v) is 53.0. The summed E-state index contributed by atoms with van der Waals surface area (Å²) in [5.41, 5.74) is 0. The summed E-state index contributed by atoms with van der Waals surface area (Å²) in [6.07, 6.45) is 64.9. The van der Waals surface area contributed by atoms with Gasteiger partial charge in [-0.3, -0.25) is 4.79 Å². The van der Waals surface area contributed by atoms with Gasteiger partial charge < -0.3 is 65.1 Å². The molecule has 0 aliphatic carbocycles. The summed E-state index contributed by atoms with van der Waals surface area (Å²) in [6.45, 7) is 2.65. The van der Waals surface area contributed by atoms with E-state index in [9.17, 15) is 45.6 Å². The number of unbranched alkanes of at least 4 members (excludes halogenated alkanes) is 19. The molecule has 0 spiro atoms. The zero-order valence-electron chi connectivity index (χ0n) is 53.0. The van der Waals surface area contributed by atoms with E-state index < -0.39 is 86.8 Å². The lowest BCUT2D eigenvalue weighted by Gasteiger charge is -2.46. The second-order valence-electron chi connectivity index (χ2n) is 22.9. The molecule has 2 fully saturated rings. The van der Waals surface area contributed by atoms with Gasteiger partial charge in [0.15, 0.2) is 12.6 Å². The van der Waals surface area contributed by atoms with Crippen LogP contribution in [0.1, 0.15) is 219 Å². The molecule has 2 saturated heterocycles. The Morgan fingerprint density at radius 2 is 0.802 bits per heavy atom. The topological polar surface area (TPSA) is 228 Å². The van der Waals surface area contributed by atoms with Gasteiger partial charge in [-0.25, -0.2) is 0 Å². The largest absolute Gasteiger partial charge is 0.394 e. The average molecular weight is 1210 g/mol. The van der Waals surface area contributed by atoms with Crippen LogP contribution in [0.25, 0.3) is 0 Å². The Labute approximate surface area is 520 Å². The number of hydrogen-bond acceptors (Lipinski definition) is 13. The lowest BCUT2D eigenvalue weighted by molar-refractivity contribution is -0.359. The average Bonchev–Trinajstić information content (AvgIpc) is 2.63. The molecule has 0 radical (unpaired) electrons. The van der Waals surface area contributed by atoms with Crippen molar-refractivity contribution in [1.29, 1.82) is 0 Å². The highest BCUT2D eigenvalue weighted by Gasteiger charge is 2.51. The molecule has 12 atom stereocenters. The van der Waals surface area contributed by atoms with Gasteiger partial charge >= 0.3 is 0 Å². The van der Waals surface area contributed by atoms with Gasteiger partial charge in [0.2, 0.25) is 5.91 Å². The highest BCUT2D eigenvalue weighted by molar-refractivity contribution is 5.76. The Bertz CT molecular complexity index is 1950. The summed E-state index contributed by atoms with van der Waals surface area (Å²) >= 11 is 0. The van der Waals surface area contributed by atoms with Gasteiger partial charge in [-0.05, 0) is 96.3 Å². The lowest BCUT2D eigenvalue weighted by Crippen LogP contribution is -2.65. The van der Waals surface area contributed by atoms with Crippen LogP contribution in [0.5, 0.6) is 0 Å². The maximum absolute atomic E-state index is 13.3. The fraction of sp³-hybridized carbons (Fsp3) is 0.681. The Morgan fingerprint density at radius 1 is 0.430 bits per heavy atom. The first-order valence-electron chi connectivity index (χ1n) is 33.4. The maximum Gasteiger partial charge on any atom is 0.220 e. The minimum Gasteiger partial charge on any atom is -0.394 e. The number of carbonyl (C=O) groups excluding carboxylic acids is 1. The molecule has 2 heterocycles. The highest BCUT2D eigenvalue weighted by Crippen LogP contribution is 2.30. The normalized spacial score (nSPS) is 24.3. The smallest absolute Gasteiger partial charge is 0.220 e. The molecule has 2 aliphatic rings. The van der Waals surface area contributed by atoms with E-state index in [1.165, 1.54) is 89.9 Å². The van der Waals surface area contributed by atoms with Gasteiger partial charge in [-0.1, -0.05) is 250 Å². The third kappa shape index (κ3) is 39.2. The molecule has 490 valence electrons. The minimum absolute atomic E-state index is 0.217. The van der Waals surface area contributed by atoms with Crippen molar-refractivity contribution < 1.29 is 64.6 Å². The van der Waals surface area contributed by atoms with Crippen molar-refractivity contribution in [1.82, 2.24) is 5.32 Å². The summed E-state index contributed by atoms with van der Waals surface area (Å²) in [7, 11) is 0. The van der Waals surface area contributed by atoms with Crippen molar-refractivity contribution >= 4 is 5.91 Å². The van der Waals surface area contributed by atoms with Gasteiger partial charge in [0.1, 0.15) is 48.8 Å². The Morgan fingerprint density at radius 3 is 1.23 bits per heavy atom. The van der Waals surface area contributed by atoms with Crippen LogP contribution in [0.3, 0.4) is 0 Å². The molecule has 0 aromatic carbocycles. The van der Waals surface area contributed by atoms with Gasteiger partial charge in [-0.2, -0.15) is 0 Å². The summed E-state index contributed by atoms with van der Waals surface area (Å²) < 4.78 is 22.8. The minimum atomic E-state index is -1.80. The number of aliphatic hydroxyl groups is 8. The van der Waals surface area contributed by atoms with Crippen molar-refractivity contribution in [3.8, 4) is 0 Å². The van der Waals surface area contributed by atoms with Crippen molar-refractivity contribution in [2.75, 3.05) is 19.8 Å². The van der Waals surface area contributed by atoms with Crippen molar-refractivity contribution in [3.05, 3.63) is 134 Å². The van der Waals surface area contributed by atoms with Crippen molar-refractivity contribution in [2.24, 2.45) is 0 Å². The number of amides is 1. The first-order chi connectivity index (χ1) is 42.1. The molecule has 0 bridgehead atoms. The standard InChI is InChI=1S/C72H119NO13/c1-3-5-7-9-11-13-15-17-19-21-23-24-25-26-27-28-29-30-31-32-33-34-35-36-38-40-42-44-46-48-50-52-54-56-64(77)73-60(61(76)55-53-51-49-47-45-43-41-39-37-22-20-18-16-14-12-10-8-6-4-2)59-83-71-69(82)67(80)70(63(58-75)85-71)86-72-68(81)66(79)65(78)62(57-74)84-72/h5,7,11,13,17,19,23-24,26-27,29-30,32-33,35-36,40,42,46,48,53,55,60-63,65-72,74-76,78-82H,3-4,6,8-10,12,14-16,18,20-22,25,28,31,34,37-39,41,43-45,47,49-52,54,56-59H2,1-2H3,(H,73,77)/b7-5-,13-11-,19-17-,24-23-,27-26-,30-29-,33-32-,36-35-,42-40-,48-46-,55-53+. The van der Waals surface area contributed by atoms with Crippen LogP contribution in [0.4, 0.5) is 0 Å². The second kappa shape index (κ2) is 55.2. The van der Waals surface area contributed by atoms with Crippen LogP contribution < -0.4 is 5.32 Å². The molecule has 14 nitrogen and oxygen atoms in total. The van der Waals surface area contributed by atoms with Gasteiger partial charge in [0.05, 0.1) is 32.0 Å². The van der Waals surface area contributed by atoms with E-state index in [0.717, 1.165) is 103 Å². The molecule has 0 aromatic rings. The summed E-state index contributed by atoms with van der Waals surface area (Å²) in [5, 5.41) is 87.3. The number of carbonyl (C=O) groups is 1.